The SMILES string of the molecule is O=C(Cc1ccc(O)cc1)NC(c1ccccc1)c1cc(F)c(Cl)cc1Cl. The first-order valence-electron chi connectivity index (χ1n) is 8.20. The fourth-order valence-electron chi connectivity index (χ4n) is 2.76. The van der Waals surface area contributed by atoms with Gasteiger partial charge in [-0.25, -0.2) is 4.39 Å². The lowest BCUT2D eigenvalue weighted by Crippen LogP contribution is -2.30. The van der Waals surface area contributed by atoms with Gasteiger partial charge in [0.25, 0.3) is 0 Å². The number of rotatable bonds is 5. The van der Waals surface area contributed by atoms with E-state index in [0.717, 1.165) is 11.1 Å². The molecule has 6 heteroatoms. The van der Waals surface area contributed by atoms with Crippen molar-refractivity contribution in [2.75, 3.05) is 0 Å². The molecule has 3 aromatic rings. The number of amides is 1. The van der Waals surface area contributed by atoms with Gasteiger partial charge in [-0.15, -0.1) is 0 Å². The van der Waals surface area contributed by atoms with E-state index in [1.165, 1.54) is 24.3 Å². The van der Waals surface area contributed by atoms with Crippen molar-refractivity contribution in [2.24, 2.45) is 0 Å². The molecule has 0 aliphatic rings. The minimum Gasteiger partial charge on any atom is -0.508 e. The third kappa shape index (κ3) is 4.79. The lowest BCUT2D eigenvalue weighted by molar-refractivity contribution is -0.120. The molecule has 0 heterocycles. The number of hydrogen-bond acceptors (Lipinski definition) is 2. The maximum absolute atomic E-state index is 14.0. The summed E-state index contributed by atoms with van der Waals surface area (Å²) in [5.41, 5.74) is 1.93. The van der Waals surface area contributed by atoms with Gasteiger partial charge < -0.3 is 10.4 Å². The van der Waals surface area contributed by atoms with Gasteiger partial charge in [-0.2, -0.15) is 0 Å². The molecule has 27 heavy (non-hydrogen) atoms. The normalized spacial score (nSPS) is 11.8. The summed E-state index contributed by atoms with van der Waals surface area (Å²) in [5.74, 6) is -0.740. The van der Waals surface area contributed by atoms with Crippen molar-refractivity contribution in [2.45, 2.75) is 12.5 Å². The highest BCUT2D eigenvalue weighted by atomic mass is 35.5. The zero-order valence-electron chi connectivity index (χ0n) is 14.1. The van der Waals surface area contributed by atoms with Gasteiger partial charge in [0.05, 0.1) is 17.5 Å². The number of aromatic hydroxyl groups is 1. The molecule has 0 aromatic heterocycles. The van der Waals surface area contributed by atoms with Crippen LogP contribution in [0.3, 0.4) is 0 Å². The van der Waals surface area contributed by atoms with E-state index in [0.29, 0.717) is 5.56 Å². The number of phenolic OH excluding ortho intramolecular Hbond substituents is 1. The summed E-state index contributed by atoms with van der Waals surface area (Å²) >= 11 is 12.1. The van der Waals surface area contributed by atoms with Crippen molar-refractivity contribution in [3.05, 3.63) is 99.3 Å². The van der Waals surface area contributed by atoms with E-state index < -0.39 is 11.9 Å². The first-order chi connectivity index (χ1) is 12.9. The third-order valence-electron chi connectivity index (χ3n) is 4.09. The fraction of sp³-hybridized carbons (Fsp3) is 0.0952. The highest BCUT2D eigenvalue weighted by Crippen LogP contribution is 2.32. The van der Waals surface area contributed by atoms with E-state index in [4.69, 9.17) is 23.2 Å². The molecule has 0 spiro atoms. The molecule has 0 saturated carbocycles. The van der Waals surface area contributed by atoms with Crippen LogP contribution in [0.5, 0.6) is 5.75 Å². The average Bonchev–Trinajstić information content (AvgIpc) is 2.66. The Hall–Kier alpha value is -2.56. The molecule has 1 unspecified atom stereocenters. The summed E-state index contributed by atoms with van der Waals surface area (Å²) < 4.78 is 14.0. The highest BCUT2D eigenvalue weighted by molar-refractivity contribution is 6.35. The summed E-state index contributed by atoms with van der Waals surface area (Å²) in [6, 6.07) is 17.5. The average molecular weight is 404 g/mol. The van der Waals surface area contributed by atoms with Crippen LogP contribution in [0.1, 0.15) is 22.7 Å². The molecule has 0 radical (unpaired) electrons. The Morgan fingerprint density at radius 1 is 1.00 bits per heavy atom. The zero-order chi connectivity index (χ0) is 19.4. The Labute approximate surface area is 166 Å². The molecular weight excluding hydrogens is 388 g/mol. The van der Waals surface area contributed by atoms with Crippen LogP contribution in [0.25, 0.3) is 0 Å². The molecule has 0 aliphatic carbocycles. The molecule has 0 aliphatic heterocycles. The molecule has 3 rings (SSSR count). The van der Waals surface area contributed by atoms with E-state index in [1.807, 2.05) is 30.3 Å². The van der Waals surface area contributed by atoms with E-state index in [1.54, 1.807) is 12.1 Å². The number of carbonyl (C=O) groups is 1. The number of halogens is 3. The van der Waals surface area contributed by atoms with Crippen LogP contribution < -0.4 is 5.32 Å². The van der Waals surface area contributed by atoms with Gasteiger partial charge in [0, 0.05) is 10.6 Å². The first kappa shape index (κ1) is 19.2. The molecule has 1 atom stereocenters. The van der Waals surface area contributed by atoms with Crippen molar-refractivity contribution in [1.82, 2.24) is 5.32 Å². The first-order valence-corrected chi connectivity index (χ1v) is 8.96. The van der Waals surface area contributed by atoms with Crippen LogP contribution in [0.4, 0.5) is 4.39 Å². The molecule has 3 nitrogen and oxygen atoms in total. The van der Waals surface area contributed by atoms with Crippen LogP contribution in [0.2, 0.25) is 10.0 Å². The number of benzene rings is 3. The number of nitrogens with one attached hydrogen (secondary N) is 1. The van der Waals surface area contributed by atoms with E-state index in [-0.39, 0.29) is 28.1 Å². The monoisotopic (exact) mass is 403 g/mol. The van der Waals surface area contributed by atoms with Gasteiger partial charge in [0.1, 0.15) is 11.6 Å². The van der Waals surface area contributed by atoms with Crippen LogP contribution >= 0.6 is 23.2 Å². The van der Waals surface area contributed by atoms with Crippen LogP contribution in [0, 0.1) is 5.82 Å². The van der Waals surface area contributed by atoms with Crippen LogP contribution in [0.15, 0.2) is 66.7 Å². The second-order valence-electron chi connectivity index (χ2n) is 6.04. The maximum atomic E-state index is 14.0. The third-order valence-corrected chi connectivity index (χ3v) is 4.71. The lowest BCUT2D eigenvalue weighted by Gasteiger charge is -2.21. The van der Waals surface area contributed by atoms with Gasteiger partial charge in [-0.1, -0.05) is 65.7 Å². The second kappa shape index (κ2) is 8.42. The predicted octanol–water partition coefficient (Wildman–Crippen LogP) is 5.29. The maximum Gasteiger partial charge on any atom is 0.225 e. The van der Waals surface area contributed by atoms with E-state index in [9.17, 15) is 14.3 Å². The number of hydrogen-bond donors (Lipinski definition) is 2. The Morgan fingerprint density at radius 3 is 2.33 bits per heavy atom. The summed E-state index contributed by atoms with van der Waals surface area (Å²) in [7, 11) is 0. The largest absolute Gasteiger partial charge is 0.508 e. The molecule has 0 fully saturated rings. The summed E-state index contributed by atoms with van der Waals surface area (Å²) in [6.45, 7) is 0. The smallest absolute Gasteiger partial charge is 0.225 e. The van der Waals surface area contributed by atoms with Gasteiger partial charge in [-0.05, 0) is 35.4 Å². The van der Waals surface area contributed by atoms with Gasteiger partial charge in [0.2, 0.25) is 5.91 Å². The quantitative estimate of drug-likeness (QED) is 0.568. The second-order valence-corrected chi connectivity index (χ2v) is 6.86. The molecule has 138 valence electrons. The van der Waals surface area contributed by atoms with Gasteiger partial charge in [0.15, 0.2) is 0 Å². The van der Waals surface area contributed by atoms with E-state index in [2.05, 4.69) is 5.32 Å². The standard InChI is InChI=1S/C21H16Cl2FNO2/c22-17-12-18(23)19(24)11-16(17)21(14-4-2-1-3-5-14)25-20(27)10-13-6-8-15(26)9-7-13/h1-9,11-12,21,26H,10H2,(H,25,27). The molecule has 1 amide bonds. The summed E-state index contributed by atoms with van der Waals surface area (Å²) in [4.78, 5) is 12.6. The van der Waals surface area contributed by atoms with Crippen molar-refractivity contribution >= 4 is 29.1 Å². The van der Waals surface area contributed by atoms with Crippen LogP contribution in [-0.2, 0) is 11.2 Å². The van der Waals surface area contributed by atoms with Gasteiger partial charge >= 0.3 is 0 Å². The summed E-state index contributed by atoms with van der Waals surface area (Å²) in [6.07, 6.45) is 0.108. The topological polar surface area (TPSA) is 49.3 Å². The molecule has 0 saturated heterocycles. The van der Waals surface area contributed by atoms with Crippen LogP contribution in [-0.4, -0.2) is 11.0 Å². The number of phenols is 1. The van der Waals surface area contributed by atoms with Crippen molar-refractivity contribution < 1.29 is 14.3 Å². The van der Waals surface area contributed by atoms with Crippen molar-refractivity contribution in [3.63, 3.8) is 0 Å². The summed E-state index contributed by atoms with van der Waals surface area (Å²) in [5, 5.41) is 12.4. The minimum absolute atomic E-state index is 0.0778. The van der Waals surface area contributed by atoms with Crippen molar-refractivity contribution in [3.8, 4) is 5.75 Å². The Bertz CT molecular complexity index is 946. The molecular formula is C21H16Cl2FNO2. The van der Waals surface area contributed by atoms with E-state index >= 15 is 0 Å². The fourth-order valence-corrected chi connectivity index (χ4v) is 3.25. The highest BCUT2D eigenvalue weighted by Gasteiger charge is 2.21. The number of carbonyl (C=O) groups excluding carboxylic acids is 1. The predicted molar refractivity (Wildman–Crippen MR) is 105 cm³/mol. The Kier molecular flexibility index (Phi) is 5.99. The van der Waals surface area contributed by atoms with Crippen molar-refractivity contribution in [1.29, 1.82) is 0 Å². The lowest BCUT2D eigenvalue weighted by atomic mass is 9.98. The molecule has 0 bridgehead atoms. The molecule has 2 N–H and O–H groups in total. The zero-order valence-corrected chi connectivity index (χ0v) is 15.6. The Morgan fingerprint density at radius 2 is 1.67 bits per heavy atom. The minimum atomic E-state index is -0.630. The molecule has 3 aromatic carbocycles. The van der Waals surface area contributed by atoms with Gasteiger partial charge in [-0.3, -0.25) is 4.79 Å². The Balaban J connectivity index is 1.90.